The molecular weight excluding hydrogens is 280 g/mol. The van der Waals surface area contributed by atoms with Crippen LogP contribution in [0, 0.1) is 6.92 Å². The molecular formula is C9H8AgO4. The SMILES string of the molecule is Cc1cc(C(=O)O)ccc1C(=O)O.[Ag]. The summed E-state index contributed by atoms with van der Waals surface area (Å²) in [7, 11) is 0. The van der Waals surface area contributed by atoms with Crippen molar-refractivity contribution >= 4 is 11.9 Å². The van der Waals surface area contributed by atoms with Gasteiger partial charge in [0.1, 0.15) is 0 Å². The van der Waals surface area contributed by atoms with Gasteiger partial charge in [0.05, 0.1) is 11.1 Å². The van der Waals surface area contributed by atoms with Crippen LogP contribution in [0.1, 0.15) is 26.3 Å². The van der Waals surface area contributed by atoms with Crippen LogP contribution in [0.25, 0.3) is 0 Å². The van der Waals surface area contributed by atoms with E-state index in [4.69, 9.17) is 10.2 Å². The second-order valence-electron chi connectivity index (χ2n) is 2.64. The molecule has 14 heavy (non-hydrogen) atoms. The Kier molecular flexibility index (Phi) is 4.56. The zero-order valence-corrected chi connectivity index (χ0v) is 8.73. The Bertz CT molecular complexity index is 373. The molecule has 79 valence electrons. The van der Waals surface area contributed by atoms with Crippen molar-refractivity contribution in [2.75, 3.05) is 0 Å². The molecule has 0 amide bonds. The fourth-order valence-corrected chi connectivity index (χ4v) is 1.04. The number of aromatic carboxylic acids is 2. The predicted molar refractivity (Wildman–Crippen MR) is 45.1 cm³/mol. The van der Waals surface area contributed by atoms with Crippen LogP contribution in [0.5, 0.6) is 0 Å². The van der Waals surface area contributed by atoms with Gasteiger partial charge in [0.25, 0.3) is 0 Å². The topological polar surface area (TPSA) is 74.6 Å². The number of benzene rings is 1. The number of carboxylic acids is 2. The molecule has 0 aromatic heterocycles. The largest absolute Gasteiger partial charge is 0.478 e. The van der Waals surface area contributed by atoms with Gasteiger partial charge in [-0.2, -0.15) is 0 Å². The van der Waals surface area contributed by atoms with Gasteiger partial charge in [-0.3, -0.25) is 0 Å². The van der Waals surface area contributed by atoms with E-state index in [2.05, 4.69) is 0 Å². The van der Waals surface area contributed by atoms with Crippen LogP contribution in [0.4, 0.5) is 0 Å². The third kappa shape index (κ3) is 2.70. The molecule has 0 fully saturated rings. The maximum atomic E-state index is 10.6. The summed E-state index contributed by atoms with van der Waals surface area (Å²) in [6, 6.07) is 3.91. The molecule has 1 aromatic rings. The number of hydrogen-bond donors (Lipinski definition) is 2. The van der Waals surface area contributed by atoms with Crippen LogP contribution < -0.4 is 0 Å². The van der Waals surface area contributed by atoms with E-state index in [9.17, 15) is 9.59 Å². The molecule has 0 aliphatic rings. The van der Waals surface area contributed by atoms with E-state index in [0.717, 1.165) is 0 Å². The average molecular weight is 288 g/mol. The van der Waals surface area contributed by atoms with Crippen LogP contribution >= 0.6 is 0 Å². The average Bonchev–Trinajstić information content (AvgIpc) is 2.03. The molecule has 0 aliphatic heterocycles. The quantitative estimate of drug-likeness (QED) is 0.806. The zero-order chi connectivity index (χ0) is 10.0. The first-order chi connectivity index (χ1) is 6.02. The fraction of sp³-hybridized carbons (Fsp3) is 0.111. The number of hydrogen-bond acceptors (Lipinski definition) is 2. The molecule has 1 aromatic carbocycles. The zero-order valence-electron chi connectivity index (χ0n) is 7.24. The van der Waals surface area contributed by atoms with Crippen molar-refractivity contribution in [3.8, 4) is 0 Å². The molecule has 2 N–H and O–H groups in total. The number of carboxylic acid groups (broad SMARTS) is 2. The summed E-state index contributed by atoms with van der Waals surface area (Å²) in [5, 5.41) is 17.2. The molecule has 1 radical (unpaired) electrons. The van der Waals surface area contributed by atoms with Crippen molar-refractivity contribution in [3.05, 3.63) is 34.9 Å². The molecule has 4 nitrogen and oxygen atoms in total. The Labute approximate surface area is 96.1 Å². The molecule has 0 saturated heterocycles. The first kappa shape index (κ1) is 12.9. The van der Waals surface area contributed by atoms with Crippen molar-refractivity contribution in [1.82, 2.24) is 0 Å². The van der Waals surface area contributed by atoms with E-state index in [-0.39, 0.29) is 33.5 Å². The molecule has 0 heterocycles. The summed E-state index contributed by atoms with van der Waals surface area (Å²) in [6.45, 7) is 1.57. The van der Waals surface area contributed by atoms with Crippen molar-refractivity contribution in [1.29, 1.82) is 0 Å². The van der Waals surface area contributed by atoms with Gasteiger partial charge >= 0.3 is 11.9 Å². The van der Waals surface area contributed by atoms with E-state index in [0.29, 0.717) is 5.56 Å². The molecule has 0 unspecified atom stereocenters. The van der Waals surface area contributed by atoms with Crippen molar-refractivity contribution in [2.45, 2.75) is 6.92 Å². The van der Waals surface area contributed by atoms with Crippen LogP contribution in [0.3, 0.4) is 0 Å². The van der Waals surface area contributed by atoms with Gasteiger partial charge in [-0.25, -0.2) is 9.59 Å². The Morgan fingerprint density at radius 3 is 2.07 bits per heavy atom. The van der Waals surface area contributed by atoms with E-state index < -0.39 is 11.9 Å². The summed E-state index contributed by atoms with van der Waals surface area (Å²) in [6.07, 6.45) is 0. The molecule has 0 saturated carbocycles. The molecule has 5 heteroatoms. The summed E-state index contributed by atoms with van der Waals surface area (Å²) < 4.78 is 0. The summed E-state index contributed by atoms with van der Waals surface area (Å²) in [5.74, 6) is -2.10. The van der Waals surface area contributed by atoms with Gasteiger partial charge in [0.2, 0.25) is 0 Å². The minimum Gasteiger partial charge on any atom is -0.478 e. The van der Waals surface area contributed by atoms with Gasteiger partial charge in [0.15, 0.2) is 0 Å². The second kappa shape index (κ2) is 4.95. The summed E-state index contributed by atoms with van der Waals surface area (Å²) in [4.78, 5) is 21.0. The van der Waals surface area contributed by atoms with E-state index in [1.165, 1.54) is 18.2 Å². The van der Waals surface area contributed by atoms with Crippen molar-refractivity contribution in [3.63, 3.8) is 0 Å². The molecule has 0 aliphatic carbocycles. The van der Waals surface area contributed by atoms with Gasteiger partial charge in [-0.05, 0) is 30.7 Å². The Morgan fingerprint density at radius 2 is 1.71 bits per heavy atom. The molecule has 0 spiro atoms. The van der Waals surface area contributed by atoms with Crippen molar-refractivity contribution in [2.24, 2.45) is 0 Å². The van der Waals surface area contributed by atoms with Gasteiger partial charge in [-0.1, -0.05) is 0 Å². The number of carbonyl (C=O) groups is 2. The standard InChI is InChI=1S/C9H8O4.Ag/c1-5-4-6(8(10)11)2-3-7(5)9(12)13;/h2-4H,1H3,(H,10,11)(H,12,13);. The minimum atomic E-state index is -1.06. The Morgan fingerprint density at radius 1 is 1.14 bits per heavy atom. The smallest absolute Gasteiger partial charge is 0.335 e. The number of rotatable bonds is 2. The molecule has 1 rings (SSSR count). The van der Waals surface area contributed by atoms with Crippen LogP contribution in [0.15, 0.2) is 18.2 Å². The van der Waals surface area contributed by atoms with Crippen molar-refractivity contribution < 1.29 is 42.2 Å². The third-order valence-corrected chi connectivity index (χ3v) is 1.70. The molecule has 0 bridgehead atoms. The third-order valence-electron chi connectivity index (χ3n) is 1.70. The predicted octanol–water partition coefficient (Wildman–Crippen LogP) is 1.39. The summed E-state index contributed by atoms with van der Waals surface area (Å²) in [5.41, 5.74) is 0.680. The fourth-order valence-electron chi connectivity index (χ4n) is 1.04. The normalized spacial score (nSPS) is 8.93. The number of aryl methyl sites for hydroxylation is 1. The summed E-state index contributed by atoms with van der Waals surface area (Å²) >= 11 is 0. The Balaban J connectivity index is 0.00000169. The van der Waals surface area contributed by atoms with Gasteiger partial charge < -0.3 is 10.2 Å². The first-order valence-corrected chi connectivity index (χ1v) is 3.59. The molecule has 0 atom stereocenters. The Hall–Kier alpha value is -1.10. The van der Waals surface area contributed by atoms with E-state index in [1.54, 1.807) is 6.92 Å². The second-order valence-corrected chi connectivity index (χ2v) is 2.64. The van der Waals surface area contributed by atoms with Crippen LogP contribution in [-0.4, -0.2) is 22.2 Å². The van der Waals surface area contributed by atoms with Crippen LogP contribution in [0.2, 0.25) is 0 Å². The maximum absolute atomic E-state index is 10.6. The minimum absolute atomic E-state index is 0. The monoisotopic (exact) mass is 287 g/mol. The van der Waals surface area contributed by atoms with Crippen LogP contribution in [-0.2, 0) is 22.4 Å². The van der Waals surface area contributed by atoms with E-state index in [1.807, 2.05) is 0 Å². The maximum Gasteiger partial charge on any atom is 0.335 e. The van der Waals surface area contributed by atoms with Gasteiger partial charge in [0, 0.05) is 22.4 Å². The first-order valence-electron chi connectivity index (χ1n) is 3.59. The van der Waals surface area contributed by atoms with Gasteiger partial charge in [-0.15, -0.1) is 0 Å². The van der Waals surface area contributed by atoms with E-state index >= 15 is 0 Å².